The average Bonchev–Trinajstić information content (AvgIpc) is 2.31. The molecule has 0 unspecified atom stereocenters. The molecule has 0 N–H and O–H groups in total. The van der Waals surface area contributed by atoms with Crippen molar-refractivity contribution < 1.29 is 0 Å². The standard InChI is InChI=1S/C8H8S2/c1-7-5-8(6-10-7)3-2-4-9/h5-6,9H,4H2,1H3. The van der Waals surface area contributed by atoms with Crippen LogP contribution in [0, 0.1) is 18.8 Å². The fraction of sp³-hybridized carbons (Fsp3) is 0.250. The Balaban J connectivity index is 2.76. The SMILES string of the molecule is Cc1cc(C#CCS)cs1. The van der Waals surface area contributed by atoms with Crippen LogP contribution in [0.25, 0.3) is 0 Å². The zero-order valence-electron chi connectivity index (χ0n) is 5.72. The van der Waals surface area contributed by atoms with Crippen molar-refractivity contribution >= 4 is 24.0 Å². The molecule has 0 nitrogen and oxygen atoms in total. The predicted octanol–water partition coefficient (Wildman–Crippen LogP) is 2.34. The maximum atomic E-state index is 3.99. The fourth-order valence-electron chi connectivity index (χ4n) is 0.651. The molecule has 52 valence electrons. The molecule has 1 aromatic rings. The minimum Gasteiger partial charge on any atom is -0.166 e. The van der Waals surface area contributed by atoms with E-state index in [-0.39, 0.29) is 0 Å². The van der Waals surface area contributed by atoms with Crippen molar-refractivity contribution in [3.8, 4) is 11.8 Å². The smallest absolute Gasteiger partial charge is 0.0521 e. The summed E-state index contributed by atoms with van der Waals surface area (Å²) in [5.41, 5.74) is 1.11. The van der Waals surface area contributed by atoms with Crippen LogP contribution < -0.4 is 0 Å². The van der Waals surface area contributed by atoms with E-state index in [1.807, 2.05) is 0 Å². The molecule has 0 amide bonds. The minimum absolute atomic E-state index is 0.634. The Bertz CT molecular complexity index is 262. The fourth-order valence-corrected chi connectivity index (χ4v) is 1.36. The molecule has 0 radical (unpaired) electrons. The van der Waals surface area contributed by atoms with Gasteiger partial charge in [-0.3, -0.25) is 0 Å². The van der Waals surface area contributed by atoms with Gasteiger partial charge in [0.25, 0.3) is 0 Å². The molecule has 0 aliphatic heterocycles. The Hall–Kier alpha value is -0.390. The van der Waals surface area contributed by atoms with Crippen molar-refractivity contribution in [2.75, 3.05) is 5.75 Å². The van der Waals surface area contributed by atoms with Crippen LogP contribution in [-0.2, 0) is 0 Å². The molecule has 0 aliphatic rings. The van der Waals surface area contributed by atoms with E-state index in [1.54, 1.807) is 11.3 Å². The van der Waals surface area contributed by atoms with Gasteiger partial charge in [-0.2, -0.15) is 12.6 Å². The zero-order chi connectivity index (χ0) is 7.40. The second-order valence-electron chi connectivity index (χ2n) is 1.91. The summed E-state index contributed by atoms with van der Waals surface area (Å²) >= 11 is 5.71. The van der Waals surface area contributed by atoms with Crippen LogP contribution in [-0.4, -0.2) is 5.75 Å². The van der Waals surface area contributed by atoms with E-state index >= 15 is 0 Å². The van der Waals surface area contributed by atoms with Gasteiger partial charge < -0.3 is 0 Å². The first-order chi connectivity index (χ1) is 4.83. The van der Waals surface area contributed by atoms with Crippen molar-refractivity contribution in [3.63, 3.8) is 0 Å². The summed E-state index contributed by atoms with van der Waals surface area (Å²) in [7, 11) is 0. The predicted molar refractivity (Wildman–Crippen MR) is 49.8 cm³/mol. The first-order valence-corrected chi connectivity index (χ1v) is 4.49. The van der Waals surface area contributed by atoms with Crippen molar-refractivity contribution in [1.82, 2.24) is 0 Å². The number of rotatable bonds is 0. The van der Waals surface area contributed by atoms with Gasteiger partial charge in [0, 0.05) is 15.8 Å². The maximum Gasteiger partial charge on any atom is 0.0521 e. The van der Waals surface area contributed by atoms with Gasteiger partial charge in [-0.15, -0.1) is 11.3 Å². The van der Waals surface area contributed by atoms with E-state index in [4.69, 9.17) is 0 Å². The van der Waals surface area contributed by atoms with Crippen LogP contribution in [0.15, 0.2) is 11.4 Å². The molecule has 0 fully saturated rings. The molecule has 0 aliphatic carbocycles. The molecule has 10 heavy (non-hydrogen) atoms. The monoisotopic (exact) mass is 168 g/mol. The zero-order valence-corrected chi connectivity index (χ0v) is 7.43. The lowest BCUT2D eigenvalue weighted by Gasteiger charge is -1.74. The summed E-state index contributed by atoms with van der Waals surface area (Å²) in [6.07, 6.45) is 0. The topological polar surface area (TPSA) is 0 Å². The van der Waals surface area contributed by atoms with Crippen molar-refractivity contribution in [2.45, 2.75) is 6.92 Å². The molecule has 0 spiro atoms. The second kappa shape index (κ2) is 3.70. The van der Waals surface area contributed by atoms with E-state index in [0.29, 0.717) is 5.75 Å². The Morgan fingerprint density at radius 3 is 3.00 bits per heavy atom. The molecule has 1 heterocycles. The van der Waals surface area contributed by atoms with Crippen molar-refractivity contribution in [3.05, 3.63) is 21.9 Å². The lowest BCUT2D eigenvalue weighted by molar-refractivity contribution is 1.62. The summed E-state index contributed by atoms with van der Waals surface area (Å²) in [4.78, 5) is 1.31. The highest BCUT2D eigenvalue weighted by atomic mass is 32.1. The molecular formula is C8H8S2. The summed E-state index contributed by atoms with van der Waals surface area (Å²) in [6.45, 7) is 2.08. The molecule has 1 aromatic heterocycles. The summed E-state index contributed by atoms with van der Waals surface area (Å²) in [6, 6.07) is 2.08. The van der Waals surface area contributed by atoms with Crippen LogP contribution in [0.2, 0.25) is 0 Å². The first-order valence-electron chi connectivity index (χ1n) is 2.98. The number of thiophene rings is 1. The van der Waals surface area contributed by atoms with Crippen LogP contribution >= 0.6 is 24.0 Å². The molecule has 2 heteroatoms. The van der Waals surface area contributed by atoms with Crippen molar-refractivity contribution in [1.29, 1.82) is 0 Å². The lowest BCUT2D eigenvalue weighted by Crippen LogP contribution is -1.64. The van der Waals surface area contributed by atoms with Gasteiger partial charge in [0.1, 0.15) is 0 Å². The molecule has 1 rings (SSSR count). The van der Waals surface area contributed by atoms with E-state index in [0.717, 1.165) is 5.56 Å². The number of aryl methyl sites for hydroxylation is 1. The van der Waals surface area contributed by atoms with Gasteiger partial charge in [0.15, 0.2) is 0 Å². The first kappa shape index (κ1) is 7.71. The number of hydrogen-bond donors (Lipinski definition) is 1. The van der Waals surface area contributed by atoms with E-state index in [1.165, 1.54) is 4.88 Å². The summed E-state index contributed by atoms with van der Waals surface area (Å²) in [5.74, 6) is 6.53. The van der Waals surface area contributed by atoms with E-state index in [9.17, 15) is 0 Å². The van der Waals surface area contributed by atoms with Crippen LogP contribution in [0.3, 0.4) is 0 Å². The highest BCUT2D eigenvalue weighted by Gasteiger charge is 1.88. The Kier molecular flexibility index (Phi) is 2.85. The maximum absolute atomic E-state index is 3.99. The van der Waals surface area contributed by atoms with E-state index < -0.39 is 0 Å². The number of hydrogen-bond acceptors (Lipinski definition) is 2. The summed E-state index contributed by atoms with van der Waals surface area (Å²) in [5, 5.41) is 2.06. The molecule has 0 aromatic carbocycles. The average molecular weight is 168 g/mol. The molecule has 0 saturated carbocycles. The second-order valence-corrected chi connectivity index (χ2v) is 3.34. The lowest BCUT2D eigenvalue weighted by atomic mass is 10.3. The third-order valence-electron chi connectivity index (χ3n) is 1.04. The quantitative estimate of drug-likeness (QED) is 0.446. The third kappa shape index (κ3) is 2.09. The summed E-state index contributed by atoms with van der Waals surface area (Å²) < 4.78 is 0. The molecule has 0 bridgehead atoms. The van der Waals surface area contributed by atoms with Crippen LogP contribution in [0.1, 0.15) is 10.4 Å². The van der Waals surface area contributed by atoms with Crippen LogP contribution in [0.5, 0.6) is 0 Å². The van der Waals surface area contributed by atoms with Crippen molar-refractivity contribution in [2.24, 2.45) is 0 Å². The highest BCUT2D eigenvalue weighted by molar-refractivity contribution is 7.80. The minimum atomic E-state index is 0.634. The Labute approximate surface area is 70.7 Å². The van der Waals surface area contributed by atoms with Gasteiger partial charge in [0.2, 0.25) is 0 Å². The van der Waals surface area contributed by atoms with Gasteiger partial charge >= 0.3 is 0 Å². The highest BCUT2D eigenvalue weighted by Crippen LogP contribution is 2.11. The Morgan fingerprint density at radius 2 is 2.50 bits per heavy atom. The Morgan fingerprint density at radius 1 is 1.70 bits per heavy atom. The normalized spacial score (nSPS) is 8.60. The largest absolute Gasteiger partial charge is 0.166 e. The van der Waals surface area contributed by atoms with Gasteiger partial charge in [0.05, 0.1) is 5.75 Å². The number of thiol groups is 1. The molecule has 0 atom stereocenters. The van der Waals surface area contributed by atoms with E-state index in [2.05, 4.69) is 42.8 Å². The van der Waals surface area contributed by atoms with Gasteiger partial charge in [-0.05, 0) is 13.0 Å². The van der Waals surface area contributed by atoms with Crippen LogP contribution in [0.4, 0.5) is 0 Å². The third-order valence-corrected chi connectivity index (χ3v) is 2.06. The van der Waals surface area contributed by atoms with Gasteiger partial charge in [-0.1, -0.05) is 11.8 Å². The molecule has 0 saturated heterocycles. The van der Waals surface area contributed by atoms with Gasteiger partial charge in [-0.25, -0.2) is 0 Å². The molecular weight excluding hydrogens is 160 g/mol.